The molecule has 1 amide bonds. The SMILES string of the molecule is Cc1cc(Nc2cccc(C(=O)N3CCOC[C@@H](Cc4ccc5nccn5c4)C3)c2)nc(C)n1. The average molecular weight is 457 g/mol. The Morgan fingerprint density at radius 3 is 2.97 bits per heavy atom. The van der Waals surface area contributed by atoms with Crippen LogP contribution in [0.3, 0.4) is 0 Å². The van der Waals surface area contributed by atoms with Gasteiger partial charge in [-0.2, -0.15) is 0 Å². The number of aromatic nitrogens is 4. The lowest BCUT2D eigenvalue weighted by Crippen LogP contribution is -2.36. The lowest BCUT2D eigenvalue weighted by atomic mass is 10.0. The fraction of sp³-hybridized carbons (Fsp3) is 0.308. The summed E-state index contributed by atoms with van der Waals surface area (Å²) in [6.45, 7) is 6.22. The highest BCUT2D eigenvalue weighted by atomic mass is 16.5. The summed E-state index contributed by atoms with van der Waals surface area (Å²) in [5.41, 5.74) is 4.49. The molecule has 1 fully saturated rings. The number of fused-ring (bicyclic) bond motifs is 1. The summed E-state index contributed by atoms with van der Waals surface area (Å²) >= 11 is 0. The number of hydrogen-bond donors (Lipinski definition) is 1. The maximum absolute atomic E-state index is 13.4. The normalized spacial score (nSPS) is 16.4. The van der Waals surface area contributed by atoms with Gasteiger partial charge in [-0.05, 0) is 50.1 Å². The molecule has 0 spiro atoms. The van der Waals surface area contributed by atoms with Gasteiger partial charge in [0, 0.05) is 60.6 Å². The van der Waals surface area contributed by atoms with Crippen molar-refractivity contribution in [2.24, 2.45) is 5.92 Å². The van der Waals surface area contributed by atoms with Crippen molar-refractivity contribution in [3.63, 3.8) is 0 Å². The molecular formula is C26H28N6O2. The van der Waals surface area contributed by atoms with Crippen LogP contribution in [-0.4, -0.2) is 56.5 Å². The molecule has 1 saturated heterocycles. The van der Waals surface area contributed by atoms with Crippen LogP contribution in [-0.2, 0) is 11.2 Å². The molecule has 8 heteroatoms. The lowest BCUT2D eigenvalue weighted by Gasteiger charge is -2.24. The van der Waals surface area contributed by atoms with E-state index in [4.69, 9.17) is 4.74 Å². The molecule has 0 saturated carbocycles. The standard InChI is InChI=1S/C26H28N6O2/c1-18-12-24(29-19(2)28-18)30-23-5-3-4-22(14-23)26(33)32-10-11-34-17-21(16-32)13-20-6-7-25-27-8-9-31(25)15-20/h3-9,12,14-15,21H,10-11,13,16-17H2,1-2H3,(H,28,29,30)/t21-/m0/s1. The fourth-order valence-electron chi connectivity index (χ4n) is 4.45. The number of imidazole rings is 1. The number of nitrogens with zero attached hydrogens (tertiary/aromatic N) is 5. The average Bonchev–Trinajstić information content (AvgIpc) is 3.15. The lowest BCUT2D eigenvalue weighted by molar-refractivity contribution is 0.0737. The van der Waals surface area contributed by atoms with Gasteiger partial charge in [-0.1, -0.05) is 12.1 Å². The van der Waals surface area contributed by atoms with Gasteiger partial charge in [-0.15, -0.1) is 0 Å². The number of carbonyl (C=O) groups excluding carboxylic acids is 1. The van der Waals surface area contributed by atoms with E-state index in [0.717, 1.165) is 23.4 Å². The molecule has 0 bridgehead atoms. The Morgan fingerprint density at radius 2 is 2.09 bits per heavy atom. The molecule has 1 aromatic carbocycles. The Morgan fingerprint density at radius 1 is 1.18 bits per heavy atom. The summed E-state index contributed by atoms with van der Waals surface area (Å²) in [6, 6.07) is 13.6. The molecule has 1 atom stereocenters. The zero-order valence-corrected chi connectivity index (χ0v) is 19.4. The van der Waals surface area contributed by atoms with Gasteiger partial charge in [0.05, 0.1) is 13.2 Å². The number of benzene rings is 1. The second kappa shape index (κ2) is 9.61. The molecule has 0 aliphatic carbocycles. The van der Waals surface area contributed by atoms with Crippen LogP contribution < -0.4 is 5.32 Å². The van der Waals surface area contributed by atoms with Gasteiger partial charge in [-0.3, -0.25) is 4.79 Å². The van der Waals surface area contributed by atoms with Gasteiger partial charge < -0.3 is 19.4 Å². The Bertz CT molecular complexity index is 1300. The summed E-state index contributed by atoms with van der Waals surface area (Å²) in [5, 5.41) is 3.30. The van der Waals surface area contributed by atoms with Crippen LogP contribution in [0.4, 0.5) is 11.5 Å². The minimum atomic E-state index is 0.0132. The first kappa shape index (κ1) is 22.0. The number of amides is 1. The van der Waals surface area contributed by atoms with Crippen molar-refractivity contribution in [2.75, 3.05) is 31.6 Å². The predicted octanol–water partition coefficient (Wildman–Crippen LogP) is 3.82. The van der Waals surface area contributed by atoms with Crippen LogP contribution in [0.2, 0.25) is 0 Å². The van der Waals surface area contributed by atoms with E-state index in [9.17, 15) is 4.79 Å². The molecule has 3 aromatic heterocycles. The van der Waals surface area contributed by atoms with E-state index < -0.39 is 0 Å². The summed E-state index contributed by atoms with van der Waals surface area (Å²) in [6.07, 6.45) is 6.69. The Hall–Kier alpha value is -3.78. The topological polar surface area (TPSA) is 84.7 Å². The van der Waals surface area contributed by atoms with Crippen molar-refractivity contribution in [3.8, 4) is 0 Å². The van der Waals surface area contributed by atoms with Gasteiger partial charge in [0.25, 0.3) is 5.91 Å². The van der Waals surface area contributed by atoms with Crippen LogP contribution >= 0.6 is 0 Å². The first-order valence-corrected chi connectivity index (χ1v) is 11.5. The second-order valence-electron chi connectivity index (χ2n) is 8.77. The molecule has 1 aliphatic heterocycles. The van der Waals surface area contributed by atoms with Crippen molar-refractivity contribution in [3.05, 3.63) is 83.7 Å². The number of rotatable bonds is 5. The van der Waals surface area contributed by atoms with E-state index in [1.165, 1.54) is 5.56 Å². The number of hydrogen-bond acceptors (Lipinski definition) is 6. The van der Waals surface area contributed by atoms with E-state index in [2.05, 4.69) is 32.5 Å². The van der Waals surface area contributed by atoms with E-state index >= 15 is 0 Å². The molecular weight excluding hydrogens is 428 g/mol. The molecule has 0 radical (unpaired) electrons. The van der Waals surface area contributed by atoms with E-state index in [1.54, 1.807) is 6.20 Å². The summed E-state index contributed by atoms with van der Waals surface area (Å²) in [5.74, 6) is 1.66. The summed E-state index contributed by atoms with van der Waals surface area (Å²) < 4.78 is 7.88. The third-order valence-electron chi connectivity index (χ3n) is 5.95. The molecule has 4 aromatic rings. The minimum Gasteiger partial charge on any atom is -0.379 e. The van der Waals surface area contributed by atoms with E-state index in [0.29, 0.717) is 43.5 Å². The third kappa shape index (κ3) is 5.07. The van der Waals surface area contributed by atoms with E-state index in [-0.39, 0.29) is 11.8 Å². The number of carbonyl (C=O) groups is 1. The molecule has 5 rings (SSSR count). The van der Waals surface area contributed by atoms with Gasteiger partial charge in [0.2, 0.25) is 0 Å². The highest BCUT2D eigenvalue weighted by molar-refractivity contribution is 5.95. The molecule has 8 nitrogen and oxygen atoms in total. The van der Waals surface area contributed by atoms with Crippen LogP contribution in [0.25, 0.3) is 5.65 Å². The quantitative estimate of drug-likeness (QED) is 0.492. The van der Waals surface area contributed by atoms with Crippen molar-refractivity contribution in [1.29, 1.82) is 0 Å². The van der Waals surface area contributed by atoms with Crippen molar-refractivity contribution in [1.82, 2.24) is 24.3 Å². The highest BCUT2D eigenvalue weighted by Gasteiger charge is 2.24. The second-order valence-corrected chi connectivity index (χ2v) is 8.77. The molecule has 0 unspecified atom stereocenters. The van der Waals surface area contributed by atoms with Gasteiger partial charge in [0.1, 0.15) is 17.3 Å². The maximum atomic E-state index is 13.4. The summed E-state index contributed by atoms with van der Waals surface area (Å²) in [4.78, 5) is 28.4. The van der Waals surface area contributed by atoms with Gasteiger partial charge >= 0.3 is 0 Å². The molecule has 1 N–H and O–H groups in total. The minimum absolute atomic E-state index is 0.0132. The first-order chi connectivity index (χ1) is 16.5. The fourth-order valence-corrected chi connectivity index (χ4v) is 4.45. The number of aryl methyl sites for hydroxylation is 2. The third-order valence-corrected chi connectivity index (χ3v) is 5.95. The van der Waals surface area contributed by atoms with Crippen LogP contribution in [0.1, 0.15) is 27.4 Å². The predicted molar refractivity (Wildman–Crippen MR) is 130 cm³/mol. The van der Waals surface area contributed by atoms with Crippen LogP contribution in [0, 0.1) is 19.8 Å². The number of ether oxygens (including phenoxy) is 1. The molecule has 174 valence electrons. The first-order valence-electron chi connectivity index (χ1n) is 11.5. The van der Waals surface area contributed by atoms with Crippen LogP contribution in [0.5, 0.6) is 0 Å². The van der Waals surface area contributed by atoms with Gasteiger partial charge in [0.15, 0.2) is 0 Å². The van der Waals surface area contributed by atoms with E-state index in [1.807, 2.05) is 65.7 Å². The Labute approximate surface area is 198 Å². The van der Waals surface area contributed by atoms with Crippen molar-refractivity contribution in [2.45, 2.75) is 20.3 Å². The maximum Gasteiger partial charge on any atom is 0.254 e. The van der Waals surface area contributed by atoms with Crippen molar-refractivity contribution >= 4 is 23.1 Å². The number of nitrogens with one attached hydrogen (secondary N) is 1. The Kier molecular flexibility index (Phi) is 6.22. The zero-order valence-electron chi connectivity index (χ0n) is 19.4. The Balaban J connectivity index is 1.29. The van der Waals surface area contributed by atoms with Gasteiger partial charge in [-0.25, -0.2) is 15.0 Å². The molecule has 4 heterocycles. The largest absolute Gasteiger partial charge is 0.379 e. The van der Waals surface area contributed by atoms with Crippen molar-refractivity contribution < 1.29 is 9.53 Å². The number of anilines is 2. The molecule has 1 aliphatic rings. The molecule has 34 heavy (non-hydrogen) atoms. The van der Waals surface area contributed by atoms with Crippen LogP contribution in [0.15, 0.2) is 61.1 Å². The zero-order chi connectivity index (χ0) is 23.5. The number of pyridine rings is 1. The smallest absolute Gasteiger partial charge is 0.254 e. The monoisotopic (exact) mass is 456 g/mol. The highest BCUT2D eigenvalue weighted by Crippen LogP contribution is 2.20. The summed E-state index contributed by atoms with van der Waals surface area (Å²) in [7, 11) is 0.